The van der Waals surface area contributed by atoms with Crippen molar-refractivity contribution in [2.75, 3.05) is 0 Å². The number of halogens is 1. The van der Waals surface area contributed by atoms with Crippen LogP contribution in [-0.4, -0.2) is 22.5 Å². The van der Waals surface area contributed by atoms with Gasteiger partial charge >= 0.3 is 0 Å². The molecule has 4 heteroatoms. The Morgan fingerprint density at radius 1 is 0.800 bits per heavy atom. The number of nitrogens with zero attached hydrogens (tertiary/aromatic N) is 1. The Labute approximate surface area is 187 Å². The molecule has 0 saturated heterocycles. The zero-order valence-corrected chi connectivity index (χ0v) is 19.9. The van der Waals surface area contributed by atoms with E-state index in [1.807, 2.05) is 12.1 Å². The standard InChI is InChI=1S/C26H30BrNO2/c1-25(2)11-18-23(20(29)13-25)22(15-5-7-16(27)8-6-15)24-19(28(18)17-9-10-17)12-26(3,4)14-21(24)30/h5-8,17,22H,9-14H2,1-4H3. The third kappa shape index (κ3) is 3.32. The lowest BCUT2D eigenvalue weighted by atomic mass is 9.63. The first-order valence-electron chi connectivity index (χ1n) is 11.1. The molecule has 0 amide bonds. The van der Waals surface area contributed by atoms with E-state index in [0.717, 1.165) is 46.9 Å². The van der Waals surface area contributed by atoms with Crippen molar-refractivity contribution in [3.8, 4) is 0 Å². The Balaban J connectivity index is 1.76. The summed E-state index contributed by atoms with van der Waals surface area (Å²) < 4.78 is 1.01. The largest absolute Gasteiger partial charge is 0.345 e. The average Bonchev–Trinajstić information content (AvgIpc) is 3.43. The second-order valence-corrected chi connectivity index (χ2v) is 12.1. The average molecular weight is 468 g/mol. The third-order valence-corrected chi connectivity index (χ3v) is 7.60. The van der Waals surface area contributed by atoms with Crippen molar-refractivity contribution in [3.63, 3.8) is 0 Å². The lowest BCUT2D eigenvalue weighted by Crippen LogP contribution is -2.45. The molecule has 0 atom stereocenters. The first-order chi connectivity index (χ1) is 14.1. The number of rotatable bonds is 2. The summed E-state index contributed by atoms with van der Waals surface area (Å²) >= 11 is 3.53. The lowest BCUT2D eigenvalue weighted by molar-refractivity contribution is -0.119. The summed E-state index contributed by atoms with van der Waals surface area (Å²) in [6.45, 7) is 8.81. The highest BCUT2D eigenvalue weighted by atomic mass is 79.9. The molecule has 0 aromatic heterocycles. The van der Waals surface area contributed by atoms with E-state index in [2.05, 4.69) is 60.7 Å². The molecular formula is C26H30BrNO2. The lowest BCUT2D eigenvalue weighted by Gasteiger charge is -2.49. The van der Waals surface area contributed by atoms with Gasteiger partial charge < -0.3 is 4.90 Å². The van der Waals surface area contributed by atoms with E-state index in [-0.39, 0.29) is 28.3 Å². The molecule has 1 fully saturated rings. The molecule has 0 radical (unpaired) electrons. The minimum absolute atomic E-state index is 0.0421. The fraction of sp³-hybridized carbons (Fsp3) is 0.538. The Morgan fingerprint density at radius 2 is 1.27 bits per heavy atom. The number of hydrogen-bond donors (Lipinski definition) is 0. The van der Waals surface area contributed by atoms with Crippen LogP contribution in [-0.2, 0) is 9.59 Å². The maximum absolute atomic E-state index is 13.6. The van der Waals surface area contributed by atoms with Crippen LogP contribution in [0.25, 0.3) is 0 Å². The molecular weight excluding hydrogens is 438 g/mol. The number of carbonyl (C=O) groups is 2. The summed E-state index contributed by atoms with van der Waals surface area (Å²) in [5.41, 5.74) is 5.19. The summed E-state index contributed by atoms with van der Waals surface area (Å²) in [6, 6.07) is 8.66. The van der Waals surface area contributed by atoms with Crippen molar-refractivity contribution in [3.05, 3.63) is 56.8 Å². The number of allylic oxidation sites excluding steroid dienone is 4. The summed E-state index contributed by atoms with van der Waals surface area (Å²) in [5.74, 6) is 0.235. The molecule has 3 nitrogen and oxygen atoms in total. The summed E-state index contributed by atoms with van der Waals surface area (Å²) in [4.78, 5) is 29.6. The van der Waals surface area contributed by atoms with Gasteiger partial charge in [0.25, 0.3) is 0 Å². The monoisotopic (exact) mass is 467 g/mol. The summed E-state index contributed by atoms with van der Waals surface area (Å²) in [5, 5.41) is 0. The van der Waals surface area contributed by atoms with Gasteiger partial charge in [0.05, 0.1) is 0 Å². The number of hydrogen-bond acceptors (Lipinski definition) is 3. The number of ketones is 2. The molecule has 1 aromatic rings. The zero-order valence-electron chi connectivity index (χ0n) is 18.3. The molecule has 1 saturated carbocycles. The van der Waals surface area contributed by atoms with Crippen molar-refractivity contribution < 1.29 is 9.59 Å². The first kappa shape index (κ1) is 20.2. The predicted octanol–water partition coefficient (Wildman–Crippen LogP) is 6.30. The molecule has 3 aliphatic carbocycles. The van der Waals surface area contributed by atoms with Gasteiger partial charge in [-0.1, -0.05) is 55.8 Å². The normalized spacial score (nSPS) is 26.1. The Morgan fingerprint density at radius 3 is 1.70 bits per heavy atom. The summed E-state index contributed by atoms with van der Waals surface area (Å²) in [6.07, 6.45) is 5.23. The van der Waals surface area contributed by atoms with Crippen LogP contribution in [0.2, 0.25) is 0 Å². The Kier molecular flexibility index (Phi) is 4.49. The summed E-state index contributed by atoms with van der Waals surface area (Å²) in [7, 11) is 0. The van der Waals surface area contributed by atoms with E-state index in [4.69, 9.17) is 0 Å². The van der Waals surface area contributed by atoms with Gasteiger partial charge in [0, 0.05) is 51.8 Å². The van der Waals surface area contributed by atoms with E-state index in [1.165, 1.54) is 11.4 Å². The van der Waals surface area contributed by atoms with Gasteiger partial charge in [-0.05, 0) is 54.2 Å². The predicted molar refractivity (Wildman–Crippen MR) is 122 cm³/mol. The van der Waals surface area contributed by atoms with Gasteiger partial charge in [0.1, 0.15) is 0 Å². The van der Waals surface area contributed by atoms with Crippen molar-refractivity contribution in [2.24, 2.45) is 10.8 Å². The van der Waals surface area contributed by atoms with Crippen LogP contribution < -0.4 is 0 Å². The van der Waals surface area contributed by atoms with Gasteiger partial charge in [-0.3, -0.25) is 9.59 Å². The molecule has 0 unspecified atom stereocenters. The topological polar surface area (TPSA) is 37.4 Å². The van der Waals surface area contributed by atoms with Crippen LogP contribution in [0.5, 0.6) is 0 Å². The Hall–Kier alpha value is -1.68. The maximum atomic E-state index is 13.6. The molecule has 4 aliphatic rings. The van der Waals surface area contributed by atoms with Gasteiger partial charge in [-0.2, -0.15) is 0 Å². The number of Topliss-reactive ketones (excluding diaryl/α,β-unsaturated/α-hetero) is 2. The molecule has 30 heavy (non-hydrogen) atoms. The smallest absolute Gasteiger partial charge is 0.162 e. The number of benzene rings is 1. The highest BCUT2D eigenvalue weighted by molar-refractivity contribution is 9.10. The van der Waals surface area contributed by atoms with Crippen LogP contribution in [0.15, 0.2) is 51.3 Å². The van der Waals surface area contributed by atoms with Crippen molar-refractivity contribution in [1.29, 1.82) is 0 Å². The molecule has 5 rings (SSSR count). The minimum Gasteiger partial charge on any atom is -0.345 e. The first-order valence-corrected chi connectivity index (χ1v) is 11.9. The highest BCUT2D eigenvalue weighted by Crippen LogP contribution is 2.56. The van der Waals surface area contributed by atoms with Gasteiger partial charge in [-0.15, -0.1) is 0 Å². The van der Waals surface area contributed by atoms with E-state index in [9.17, 15) is 9.59 Å². The second-order valence-electron chi connectivity index (χ2n) is 11.2. The van der Waals surface area contributed by atoms with E-state index in [0.29, 0.717) is 18.9 Å². The third-order valence-electron chi connectivity index (χ3n) is 7.07. The molecule has 158 valence electrons. The van der Waals surface area contributed by atoms with Crippen molar-refractivity contribution >= 4 is 27.5 Å². The molecule has 0 bridgehead atoms. The van der Waals surface area contributed by atoms with Gasteiger partial charge in [-0.25, -0.2) is 0 Å². The van der Waals surface area contributed by atoms with Crippen LogP contribution in [0.1, 0.15) is 77.7 Å². The number of carbonyl (C=O) groups excluding carboxylic acids is 2. The molecule has 1 aromatic carbocycles. The molecule has 1 aliphatic heterocycles. The van der Waals surface area contributed by atoms with E-state index < -0.39 is 0 Å². The Bertz CT molecular complexity index is 954. The minimum atomic E-state index is -0.217. The fourth-order valence-electron chi connectivity index (χ4n) is 5.76. The van der Waals surface area contributed by atoms with Crippen LogP contribution in [0, 0.1) is 10.8 Å². The van der Waals surface area contributed by atoms with E-state index >= 15 is 0 Å². The molecule has 0 N–H and O–H groups in total. The van der Waals surface area contributed by atoms with Gasteiger partial charge in [0.15, 0.2) is 11.6 Å². The van der Waals surface area contributed by atoms with Crippen molar-refractivity contribution in [1.82, 2.24) is 4.90 Å². The maximum Gasteiger partial charge on any atom is 0.162 e. The fourth-order valence-corrected chi connectivity index (χ4v) is 6.02. The molecule has 0 spiro atoms. The SMILES string of the molecule is CC1(C)CC(=O)C2=C(C1)N(C1CC1)C1=C(C(=O)CC(C)(C)C1)C2c1ccc(Br)cc1. The van der Waals surface area contributed by atoms with Crippen LogP contribution in [0.3, 0.4) is 0 Å². The van der Waals surface area contributed by atoms with Crippen LogP contribution >= 0.6 is 15.9 Å². The second kappa shape index (κ2) is 6.66. The zero-order chi connectivity index (χ0) is 21.4. The highest BCUT2D eigenvalue weighted by Gasteiger charge is 2.51. The molecule has 1 heterocycles. The van der Waals surface area contributed by atoms with E-state index in [1.54, 1.807) is 0 Å². The van der Waals surface area contributed by atoms with Crippen molar-refractivity contribution in [2.45, 2.75) is 78.2 Å². The quantitative estimate of drug-likeness (QED) is 0.512. The van der Waals surface area contributed by atoms with Gasteiger partial charge in [0.2, 0.25) is 0 Å². The van der Waals surface area contributed by atoms with Crippen LogP contribution in [0.4, 0.5) is 0 Å².